The summed E-state index contributed by atoms with van der Waals surface area (Å²) < 4.78 is 0. The summed E-state index contributed by atoms with van der Waals surface area (Å²) in [6.45, 7) is 3.84. The quantitative estimate of drug-likeness (QED) is 0.843. The fourth-order valence-corrected chi connectivity index (χ4v) is 3.21. The van der Waals surface area contributed by atoms with Gasteiger partial charge in [0.2, 0.25) is 11.0 Å². The van der Waals surface area contributed by atoms with E-state index in [9.17, 15) is 4.79 Å². The monoisotopic (exact) mass is 327 g/mol. The molecule has 0 fully saturated rings. The van der Waals surface area contributed by atoms with Crippen LogP contribution >= 0.6 is 34.7 Å². The molecule has 20 heavy (non-hydrogen) atoms. The van der Waals surface area contributed by atoms with Gasteiger partial charge in [0.15, 0.2) is 0 Å². The largest absolute Gasteiger partial charge is 0.300 e. The Balaban J connectivity index is 2.00. The average Bonchev–Trinajstić information content (AvgIpc) is 2.83. The van der Waals surface area contributed by atoms with Crippen LogP contribution in [0.2, 0.25) is 5.02 Å². The summed E-state index contributed by atoms with van der Waals surface area (Å²) in [5.74, 6) is -0.0522. The highest BCUT2D eigenvalue weighted by molar-refractivity contribution is 8.00. The van der Waals surface area contributed by atoms with Gasteiger partial charge in [0.05, 0.1) is 5.25 Å². The van der Waals surface area contributed by atoms with Gasteiger partial charge in [-0.25, -0.2) is 0 Å². The van der Waals surface area contributed by atoms with Crippen LogP contribution in [0.25, 0.3) is 0 Å². The summed E-state index contributed by atoms with van der Waals surface area (Å²) >= 11 is 8.74. The second kappa shape index (κ2) is 7.06. The normalized spacial score (nSPS) is 12.2. The van der Waals surface area contributed by atoms with Gasteiger partial charge in [-0.05, 0) is 37.6 Å². The minimum absolute atomic E-state index is 0.0522. The summed E-state index contributed by atoms with van der Waals surface area (Å²) in [5.41, 5.74) is 0. The molecule has 2 rings (SSSR count). The topological polar surface area (TPSA) is 54.9 Å². The zero-order chi connectivity index (χ0) is 14.5. The summed E-state index contributed by atoms with van der Waals surface area (Å²) in [6, 6.07) is 7.47. The first-order valence-corrected chi connectivity index (χ1v) is 8.19. The first kappa shape index (κ1) is 15.3. The maximum Gasteiger partial charge on any atom is 0.239 e. The van der Waals surface area contributed by atoms with Gasteiger partial charge in [-0.15, -0.1) is 22.0 Å². The van der Waals surface area contributed by atoms with E-state index >= 15 is 0 Å². The van der Waals surface area contributed by atoms with Crippen LogP contribution in [0.4, 0.5) is 5.13 Å². The van der Waals surface area contributed by atoms with Gasteiger partial charge in [-0.1, -0.05) is 29.9 Å². The number of hydrogen-bond acceptors (Lipinski definition) is 5. The van der Waals surface area contributed by atoms with E-state index in [1.165, 1.54) is 23.1 Å². The lowest BCUT2D eigenvalue weighted by Gasteiger charge is -2.13. The van der Waals surface area contributed by atoms with Crippen LogP contribution in [0.1, 0.15) is 18.4 Å². The van der Waals surface area contributed by atoms with Crippen LogP contribution in [0.15, 0.2) is 29.2 Å². The molecule has 2 aromatic rings. The maximum atomic E-state index is 12.2. The molecular weight excluding hydrogens is 314 g/mol. The van der Waals surface area contributed by atoms with Crippen molar-refractivity contribution in [1.29, 1.82) is 0 Å². The Morgan fingerprint density at radius 2 is 2.10 bits per heavy atom. The third-order valence-corrected chi connectivity index (χ3v) is 4.89. The molecule has 0 saturated heterocycles. The van der Waals surface area contributed by atoms with Crippen LogP contribution in [0.3, 0.4) is 0 Å². The average molecular weight is 328 g/mol. The second-order valence-corrected chi connectivity index (χ2v) is 6.98. The highest BCUT2D eigenvalue weighted by Crippen LogP contribution is 2.27. The predicted octanol–water partition coefficient (Wildman–Crippen LogP) is 4.01. The van der Waals surface area contributed by atoms with E-state index in [0.717, 1.165) is 16.3 Å². The predicted molar refractivity (Wildman–Crippen MR) is 84.7 cm³/mol. The first-order valence-electron chi connectivity index (χ1n) is 6.11. The van der Waals surface area contributed by atoms with Crippen LogP contribution in [0.5, 0.6) is 0 Å². The van der Waals surface area contributed by atoms with Crippen LogP contribution in [-0.4, -0.2) is 21.4 Å². The van der Waals surface area contributed by atoms with Gasteiger partial charge in [-0.2, -0.15) is 0 Å². The van der Waals surface area contributed by atoms with E-state index in [1.807, 2.05) is 38.1 Å². The van der Waals surface area contributed by atoms with Crippen molar-refractivity contribution in [3.05, 3.63) is 34.3 Å². The first-order chi connectivity index (χ1) is 9.58. The number of thioether (sulfide) groups is 1. The number of aromatic nitrogens is 2. The van der Waals surface area contributed by atoms with Gasteiger partial charge < -0.3 is 0 Å². The number of anilines is 1. The zero-order valence-corrected chi connectivity index (χ0v) is 13.5. The van der Waals surface area contributed by atoms with Gasteiger partial charge in [0.1, 0.15) is 5.01 Å². The molecule has 1 N–H and O–H groups in total. The molecule has 0 aliphatic heterocycles. The van der Waals surface area contributed by atoms with E-state index in [4.69, 9.17) is 11.6 Å². The van der Waals surface area contributed by atoms with Gasteiger partial charge >= 0.3 is 0 Å². The fraction of sp³-hybridized carbons (Fsp3) is 0.308. The van der Waals surface area contributed by atoms with Crippen LogP contribution in [0, 0.1) is 6.92 Å². The third-order valence-electron chi connectivity index (χ3n) is 2.51. The van der Waals surface area contributed by atoms with Crippen molar-refractivity contribution in [1.82, 2.24) is 10.2 Å². The minimum atomic E-state index is -0.166. The SMILES string of the molecule is CC[C@H](Sc1ccc(Cl)cc1)C(=O)Nc1nnc(C)s1. The molecule has 1 atom stereocenters. The molecule has 4 nitrogen and oxygen atoms in total. The number of amides is 1. The van der Waals surface area contributed by atoms with E-state index in [-0.39, 0.29) is 11.2 Å². The molecule has 0 spiro atoms. The molecule has 0 aliphatic carbocycles. The van der Waals surface area contributed by atoms with Crippen LogP contribution in [-0.2, 0) is 4.79 Å². The second-order valence-electron chi connectivity index (χ2n) is 4.08. The number of carbonyl (C=O) groups excluding carboxylic acids is 1. The Hall–Kier alpha value is -1.11. The van der Waals surface area contributed by atoms with Crippen molar-refractivity contribution in [2.45, 2.75) is 30.4 Å². The number of aryl methyl sites for hydroxylation is 1. The Morgan fingerprint density at radius 1 is 1.40 bits per heavy atom. The number of rotatable bonds is 5. The number of nitrogens with one attached hydrogen (secondary N) is 1. The Morgan fingerprint density at radius 3 is 2.65 bits per heavy atom. The zero-order valence-electron chi connectivity index (χ0n) is 11.1. The maximum absolute atomic E-state index is 12.2. The molecule has 106 valence electrons. The van der Waals surface area contributed by atoms with Crippen molar-refractivity contribution in [3.63, 3.8) is 0 Å². The van der Waals surface area contributed by atoms with Gasteiger partial charge in [0.25, 0.3) is 0 Å². The van der Waals surface area contributed by atoms with E-state index < -0.39 is 0 Å². The van der Waals surface area contributed by atoms with Crippen molar-refractivity contribution >= 4 is 45.7 Å². The summed E-state index contributed by atoms with van der Waals surface area (Å²) in [6.07, 6.45) is 0.733. The molecule has 1 heterocycles. The Labute approximate surface area is 130 Å². The molecule has 1 aromatic heterocycles. The summed E-state index contributed by atoms with van der Waals surface area (Å²) in [5, 5.41) is 12.5. The molecule has 0 bridgehead atoms. The molecule has 0 unspecified atom stereocenters. The van der Waals surface area contributed by atoms with Gasteiger partial charge in [0, 0.05) is 9.92 Å². The van der Waals surface area contributed by atoms with E-state index in [1.54, 1.807) is 0 Å². The molecule has 0 aliphatic rings. The van der Waals surface area contributed by atoms with Crippen molar-refractivity contribution < 1.29 is 4.79 Å². The summed E-state index contributed by atoms with van der Waals surface area (Å²) in [4.78, 5) is 13.2. The van der Waals surface area contributed by atoms with E-state index in [0.29, 0.717) is 10.2 Å². The Bertz CT molecular complexity index is 586. The van der Waals surface area contributed by atoms with Crippen LogP contribution < -0.4 is 5.32 Å². The summed E-state index contributed by atoms with van der Waals surface area (Å²) in [7, 11) is 0. The molecule has 0 saturated carbocycles. The van der Waals surface area contributed by atoms with Gasteiger partial charge in [-0.3, -0.25) is 10.1 Å². The molecular formula is C13H14ClN3OS2. The lowest BCUT2D eigenvalue weighted by Crippen LogP contribution is -2.24. The molecule has 7 heteroatoms. The third kappa shape index (κ3) is 4.19. The fourth-order valence-electron chi connectivity index (χ4n) is 1.53. The number of benzene rings is 1. The minimum Gasteiger partial charge on any atom is -0.300 e. The lowest BCUT2D eigenvalue weighted by molar-refractivity contribution is -0.115. The smallest absolute Gasteiger partial charge is 0.239 e. The molecule has 1 aromatic carbocycles. The van der Waals surface area contributed by atoms with Crippen molar-refractivity contribution in [3.8, 4) is 0 Å². The number of carbonyl (C=O) groups is 1. The van der Waals surface area contributed by atoms with Crippen molar-refractivity contribution in [2.75, 3.05) is 5.32 Å². The standard InChI is InChI=1S/C13H14ClN3OS2/c1-3-11(20-10-6-4-9(14)5-7-10)12(18)15-13-17-16-8(2)19-13/h4-7,11H,3H2,1-2H3,(H,15,17,18)/t11-/m0/s1. The van der Waals surface area contributed by atoms with Crippen molar-refractivity contribution in [2.24, 2.45) is 0 Å². The lowest BCUT2D eigenvalue weighted by atomic mass is 10.3. The number of hydrogen-bond donors (Lipinski definition) is 1. The number of halogens is 1. The number of nitrogens with zero attached hydrogens (tertiary/aromatic N) is 2. The molecule has 1 amide bonds. The molecule has 0 radical (unpaired) electrons. The highest BCUT2D eigenvalue weighted by Gasteiger charge is 2.19. The van der Waals surface area contributed by atoms with E-state index in [2.05, 4.69) is 15.5 Å². The highest BCUT2D eigenvalue weighted by atomic mass is 35.5. The Kier molecular flexibility index (Phi) is 5.39.